The molecule has 7 heteroatoms. The summed E-state index contributed by atoms with van der Waals surface area (Å²) in [6.07, 6.45) is 1.78. The molecule has 0 spiro atoms. The fraction of sp³-hybridized carbons (Fsp3) is 0.235. The lowest BCUT2D eigenvalue weighted by Crippen LogP contribution is -2.27. The molecule has 0 aliphatic carbocycles. The van der Waals surface area contributed by atoms with Crippen LogP contribution in [0, 0.1) is 0 Å². The summed E-state index contributed by atoms with van der Waals surface area (Å²) in [6.45, 7) is 0.305. The number of hydrogen-bond donors (Lipinski definition) is 0. The molecule has 1 heterocycles. The highest BCUT2D eigenvalue weighted by molar-refractivity contribution is 7.92. The third kappa shape index (κ3) is 3.55. The summed E-state index contributed by atoms with van der Waals surface area (Å²) >= 11 is 5.87. The van der Waals surface area contributed by atoms with Crippen LogP contribution >= 0.6 is 11.6 Å². The van der Waals surface area contributed by atoms with Gasteiger partial charge in [-0.25, -0.2) is 8.42 Å². The Morgan fingerprint density at radius 2 is 2.04 bits per heavy atom. The Balaban J connectivity index is 1.73. The molecule has 0 amide bonds. The van der Waals surface area contributed by atoms with E-state index >= 15 is 0 Å². The fourth-order valence-electron chi connectivity index (χ4n) is 2.68. The first-order valence-electron chi connectivity index (χ1n) is 7.37. The lowest BCUT2D eigenvalue weighted by molar-refractivity contribution is 0.0921. The maximum atomic E-state index is 12.3. The Bertz CT molecular complexity index is 895. The Hall–Kier alpha value is -2.05. The summed E-state index contributed by atoms with van der Waals surface area (Å²) in [7, 11) is -3.29. The average molecular weight is 366 g/mol. The first-order chi connectivity index (χ1) is 11.3. The zero-order valence-electron chi connectivity index (χ0n) is 13.0. The quantitative estimate of drug-likeness (QED) is 0.764. The molecule has 3 rings (SSSR count). The van der Waals surface area contributed by atoms with Gasteiger partial charge in [0, 0.05) is 17.1 Å². The van der Waals surface area contributed by atoms with Crippen molar-refractivity contribution in [3.05, 3.63) is 58.6 Å². The van der Waals surface area contributed by atoms with E-state index in [1.54, 1.807) is 42.5 Å². The second-order valence-corrected chi connectivity index (χ2v) is 7.94. The highest BCUT2D eigenvalue weighted by atomic mass is 35.5. The molecule has 0 radical (unpaired) electrons. The minimum atomic E-state index is -3.29. The summed E-state index contributed by atoms with van der Waals surface area (Å²) in [6, 6.07) is 11.9. The van der Waals surface area contributed by atoms with Crippen LogP contribution in [0.2, 0.25) is 5.02 Å². The number of ether oxygens (including phenoxy) is 1. The maximum absolute atomic E-state index is 12.3. The zero-order valence-corrected chi connectivity index (χ0v) is 14.6. The third-order valence-corrected chi connectivity index (χ3v) is 5.24. The van der Waals surface area contributed by atoms with E-state index in [-0.39, 0.29) is 12.4 Å². The van der Waals surface area contributed by atoms with E-state index in [4.69, 9.17) is 16.3 Å². The van der Waals surface area contributed by atoms with Crippen molar-refractivity contribution in [1.29, 1.82) is 0 Å². The second kappa shape index (κ2) is 6.45. The molecular weight excluding hydrogens is 350 g/mol. The standard InChI is InChI=1S/C17H16ClNO4S/c1-24(21,22)19-8-7-12-9-13(5-6-16(12)19)17(20)11-23-15-4-2-3-14(18)10-15/h2-6,9-10H,7-8,11H2,1H3. The first kappa shape index (κ1) is 16.8. The number of ketones is 1. The highest BCUT2D eigenvalue weighted by Gasteiger charge is 2.26. The Morgan fingerprint density at radius 1 is 1.25 bits per heavy atom. The van der Waals surface area contributed by atoms with Crippen molar-refractivity contribution in [1.82, 2.24) is 0 Å². The normalized spacial score (nSPS) is 13.7. The van der Waals surface area contributed by atoms with Gasteiger partial charge >= 0.3 is 0 Å². The molecular formula is C17H16ClNO4S. The van der Waals surface area contributed by atoms with Crippen LogP contribution in [0.25, 0.3) is 0 Å². The second-order valence-electron chi connectivity index (χ2n) is 5.60. The van der Waals surface area contributed by atoms with E-state index in [1.165, 1.54) is 10.6 Å². The summed E-state index contributed by atoms with van der Waals surface area (Å²) < 4.78 is 30.3. The largest absolute Gasteiger partial charge is 0.485 e. The molecule has 0 unspecified atom stereocenters. The number of sulfonamides is 1. The van der Waals surface area contributed by atoms with E-state index in [0.717, 1.165) is 5.56 Å². The van der Waals surface area contributed by atoms with Crippen molar-refractivity contribution >= 4 is 33.1 Å². The Morgan fingerprint density at radius 3 is 2.75 bits per heavy atom. The predicted octanol–water partition coefficient (Wildman–Crippen LogP) is 2.92. The molecule has 2 aromatic rings. The molecule has 0 atom stereocenters. The smallest absolute Gasteiger partial charge is 0.232 e. The van der Waals surface area contributed by atoms with Crippen LogP contribution in [0.1, 0.15) is 15.9 Å². The summed E-state index contributed by atoms with van der Waals surface area (Å²) in [5.74, 6) is 0.357. The first-order valence-corrected chi connectivity index (χ1v) is 9.59. The van der Waals surface area contributed by atoms with Crippen LogP contribution in [-0.2, 0) is 16.4 Å². The lowest BCUT2D eigenvalue weighted by Gasteiger charge is -2.16. The number of nitrogens with zero attached hydrogens (tertiary/aromatic N) is 1. The average Bonchev–Trinajstić information content (AvgIpc) is 2.96. The monoisotopic (exact) mass is 365 g/mol. The van der Waals surface area contributed by atoms with Crippen LogP contribution in [0.5, 0.6) is 5.75 Å². The molecule has 1 aliphatic heterocycles. The maximum Gasteiger partial charge on any atom is 0.232 e. The Kier molecular flexibility index (Phi) is 4.51. The molecule has 0 N–H and O–H groups in total. The van der Waals surface area contributed by atoms with Crippen molar-refractivity contribution in [2.75, 3.05) is 23.7 Å². The van der Waals surface area contributed by atoms with Crippen molar-refractivity contribution in [2.45, 2.75) is 6.42 Å². The number of fused-ring (bicyclic) bond motifs is 1. The van der Waals surface area contributed by atoms with Gasteiger partial charge in [0.05, 0.1) is 11.9 Å². The van der Waals surface area contributed by atoms with Crippen LogP contribution in [0.15, 0.2) is 42.5 Å². The number of benzene rings is 2. The van der Waals surface area contributed by atoms with Crippen LogP contribution in [0.3, 0.4) is 0 Å². The zero-order chi connectivity index (χ0) is 17.3. The molecule has 5 nitrogen and oxygen atoms in total. The molecule has 0 saturated carbocycles. The van der Waals surface area contributed by atoms with Crippen molar-refractivity contribution < 1.29 is 17.9 Å². The van der Waals surface area contributed by atoms with Gasteiger partial charge in [0.25, 0.3) is 0 Å². The number of carbonyl (C=O) groups is 1. The number of Topliss-reactive ketones (excluding diaryl/α,β-unsaturated/α-hetero) is 1. The highest BCUT2D eigenvalue weighted by Crippen LogP contribution is 2.30. The minimum Gasteiger partial charge on any atom is -0.485 e. The summed E-state index contributed by atoms with van der Waals surface area (Å²) in [5, 5.41) is 0.540. The van der Waals surface area contributed by atoms with E-state index in [0.29, 0.717) is 35.0 Å². The van der Waals surface area contributed by atoms with Crippen LogP contribution < -0.4 is 9.04 Å². The van der Waals surface area contributed by atoms with Gasteiger partial charge in [0.1, 0.15) is 5.75 Å². The minimum absolute atomic E-state index is 0.102. The van der Waals surface area contributed by atoms with Gasteiger partial charge in [-0.05, 0) is 48.4 Å². The van der Waals surface area contributed by atoms with E-state index in [9.17, 15) is 13.2 Å². The fourth-order valence-corrected chi connectivity index (χ4v) is 3.82. The van der Waals surface area contributed by atoms with Gasteiger partial charge in [0.15, 0.2) is 12.4 Å². The van der Waals surface area contributed by atoms with Crippen LogP contribution in [-0.4, -0.2) is 33.6 Å². The molecule has 0 bridgehead atoms. The van der Waals surface area contributed by atoms with E-state index in [1.807, 2.05) is 0 Å². The molecule has 1 aliphatic rings. The predicted molar refractivity (Wildman–Crippen MR) is 93.6 cm³/mol. The lowest BCUT2D eigenvalue weighted by atomic mass is 10.1. The van der Waals surface area contributed by atoms with Crippen molar-refractivity contribution in [2.24, 2.45) is 0 Å². The molecule has 24 heavy (non-hydrogen) atoms. The number of halogens is 1. The molecule has 2 aromatic carbocycles. The van der Waals surface area contributed by atoms with Crippen molar-refractivity contribution in [3.8, 4) is 5.75 Å². The number of hydrogen-bond acceptors (Lipinski definition) is 4. The molecule has 126 valence electrons. The van der Waals surface area contributed by atoms with Gasteiger partial charge in [-0.1, -0.05) is 17.7 Å². The number of rotatable bonds is 5. The number of anilines is 1. The summed E-state index contributed by atoms with van der Waals surface area (Å²) in [5.41, 5.74) is 2.00. The van der Waals surface area contributed by atoms with E-state index in [2.05, 4.69) is 0 Å². The molecule has 0 fully saturated rings. The van der Waals surface area contributed by atoms with Gasteiger partial charge in [-0.15, -0.1) is 0 Å². The Labute approximate surface area is 145 Å². The molecule has 0 aromatic heterocycles. The van der Waals surface area contributed by atoms with E-state index < -0.39 is 10.0 Å². The van der Waals surface area contributed by atoms with Gasteiger partial charge in [-0.3, -0.25) is 9.10 Å². The third-order valence-electron chi connectivity index (χ3n) is 3.82. The van der Waals surface area contributed by atoms with Gasteiger partial charge in [0.2, 0.25) is 10.0 Å². The van der Waals surface area contributed by atoms with Crippen molar-refractivity contribution in [3.63, 3.8) is 0 Å². The van der Waals surface area contributed by atoms with Gasteiger partial charge < -0.3 is 4.74 Å². The summed E-state index contributed by atoms with van der Waals surface area (Å²) in [4.78, 5) is 12.3. The van der Waals surface area contributed by atoms with Gasteiger partial charge in [-0.2, -0.15) is 0 Å². The van der Waals surface area contributed by atoms with Crippen LogP contribution in [0.4, 0.5) is 5.69 Å². The topological polar surface area (TPSA) is 63.7 Å². The number of carbonyl (C=O) groups excluding carboxylic acids is 1. The SMILES string of the molecule is CS(=O)(=O)N1CCc2cc(C(=O)COc3cccc(Cl)c3)ccc21. The molecule has 0 saturated heterocycles.